The van der Waals surface area contributed by atoms with Crippen LogP contribution in [0.4, 0.5) is 0 Å². The van der Waals surface area contributed by atoms with Crippen molar-refractivity contribution in [2.75, 3.05) is 6.54 Å². The third kappa shape index (κ3) is 1.49. The van der Waals surface area contributed by atoms with Crippen molar-refractivity contribution in [3.63, 3.8) is 0 Å². The lowest BCUT2D eigenvalue weighted by Crippen LogP contribution is -2.39. The molecule has 1 nitrogen and oxygen atoms in total. The Morgan fingerprint density at radius 3 is 2.00 bits per heavy atom. The standard InChI is InChI=1S/C10H21N.ClH/c1-8-5-6-10(4,7-11)9(8,2)3;/h8H,5-7,11H2,1-4H3;1H/t8-,10-;/m0./s1. The molecule has 1 saturated carbocycles. The van der Waals surface area contributed by atoms with Crippen molar-refractivity contribution in [1.29, 1.82) is 0 Å². The first-order chi connectivity index (χ1) is 4.94. The monoisotopic (exact) mass is 191 g/mol. The van der Waals surface area contributed by atoms with E-state index in [1.54, 1.807) is 0 Å². The van der Waals surface area contributed by atoms with E-state index in [1.165, 1.54) is 12.8 Å². The van der Waals surface area contributed by atoms with Gasteiger partial charge in [0.1, 0.15) is 0 Å². The second kappa shape index (κ2) is 3.55. The van der Waals surface area contributed by atoms with Crippen LogP contribution in [0, 0.1) is 16.7 Å². The Bertz CT molecular complexity index is 153. The average Bonchev–Trinajstić information content (AvgIpc) is 2.15. The molecule has 0 heterocycles. The minimum atomic E-state index is 0. The highest BCUT2D eigenvalue weighted by atomic mass is 35.5. The molecule has 1 rings (SSSR count). The lowest BCUT2D eigenvalue weighted by molar-refractivity contribution is 0.105. The fourth-order valence-corrected chi connectivity index (χ4v) is 2.18. The summed E-state index contributed by atoms with van der Waals surface area (Å²) in [5.74, 6) is 0.830. The van der Waals surface area contributed by atoms with E-state index in [2.05, 4.69) is 27.7 Å². The first kappa shape index (κ1) is 12.2. The normalized spacial score (nSPS) is 39.2. The Morgan fingerprint density at radius 2 is 1.83 bits per heavy atom. The molecule has 0 aliphatic heterocycles. The fourth-order valence-electron chi connectivity index (χ4n) is 2.18. The van der Waals surface area contributed by atoms with E-state index in [4.69, 9.17) is 5.73 Å². The number of halogens is 1. The summed E-state index contributed by atoms with van der Waals surface area (Å²) in [6.45, 7) is 10.2. The Kier molecular flexibility index (Phi) is 3.62. The molecule has 1 aliphatic carbocycles. The Morgan fingerprint density at radius 1 is 1.33 bits per heavy atom. The molecule has 0 unspecified atom stereocenters. The van der Waals surface area contributed by atoms with Gasteiger partial charge in [-0.15, -0.1) is 12.4 Å². The quantitative estimate of drug-likeness (QED) is 0.678. The molecule has 1 fully saturated rings. The topological polar surface area (TPSA) is 26.0 Å². The fraction of sp³-hybridized carbons (Fsp3) is 1.00. The van der Waals surface area contributed by atoms with E-state index < -0.39 is 0 Å². The van der Waals surface area contributed by atoms with Gasteiger partial charge in [0, 0.05) is 0 Å². The van der Waals surface area contributed by atoms with Crippen molar-refractivity contribution in [1.82, 2.24) is 0 Å². The van der Waals surface area contributed by atoms with Crippen molar-refractivity contribution in [3.05, 3.63) is 0 Å². The zero-order valence-corrected chi connectivity index (χ0v) is 9.50. The van der Waals surface area contributed by atoms with Gasteiger partial charge in [-0.25, -0.2) is 0 Å². The summed E-state index contributed by atoms with van der Waals surface area (Å²) >= 11 is 0. The van der Waals surface area contributed by atoms with E-state index in [0.29, 0.717) is 10.8 Å². The highest BCUT2D eigenvalue weighted by Crippen LogP contribution is 2.54. The van der Waals surface area contributed by atoms with Crippen LogP contribution < -0.4 is 5.73 Å². The number of hydrogen-bond donors (Lipinski definition) is 1. The van der Waals surface area contributed by atoms with Crippen LogP contribution >= 0.6 is 12.4 Å². The van der Waals surface area contributed by atoms with Crippen LogP contribution in [0.1, 0.15) is 40.5 Å². The zero-order chi connectivity index (χ0) is 8.70. The van der Waals surface area contributed by atoms with E-state index in [9.17, 15) is 0 Å². The maximum absolute atomic E-state index is 5.81. The summed E-state index contributed by atoms with van der Waals surface area (Å²) in [5.41, 5.74) is 6.62. The minimum Gasteiger partial charge on any atom is -0.330 e. The molecule has 0 saturated heterocycles. The average molecular weight is 192 g/mol. The van der Waals surface area contributed by atoms with Crippen molar-refractivity contribution in [2.45, 2.75) is 40.5 Å². The highest BCUT2D eigenvalue weighted by Gasteiger charge is 2.48. The Labute approximate surface area is 82.5 Å². The van der Waals surface area contributed by atoms with Crippen LogP contribution in [-0.4, -0.2) is 6.54 Å². The predicted molar refractivity (Wildman–Crippen MR) is 56.6 cm³/mol. The lowest BCUT2D eigenvalue weighted by atomic mass is 9.66. The minimum absolute atomic E-state index is 0. The molecule has 1 aliphatic rings. The molecular formula is C10H22ClN. The van der Waals surface area contributed by atoms with Crippen molar-refractivity contribution in [3.8, 4) is 0 Å². The van der Waals surface area contributed by atoms with Crippen LogP contribution in [0.3, 0.4) is 0 Å². The molecule has 0 aromatic carbocycles. The third-order valence-electron chi connectivity index (χ3n) is 4.37. The largest absolute Gasteiger partial charge is 0.330 e. The van der Waals surface area contributed by atoms with Gasteiger partial charge >= 0.3 is 0 Å². The van der Waals surface area contributed by atoms with Crippen molar-refractivity contribution < 1.29 is 0 Å². The smallest absolute Gasteiger partial charge is 0.00180 e. The second-order valence-electron chi connectivity index (χ2n) is 4.93. The van der Waals surface area contributed by atoms with Gasteiger partial charge in [-0.3, -0.25) is 0 Å². The maximum Gasteiger partial charge on any atom is -0.00180 e. The SMILES string of the molecule is C[C@H]1CC[C@@](C)(CN)C1(C)C.Cl. The lowest BCUT2D eigenvalue weighted by Gasteiger charge is -2.40. The summed E-state index contributed by atoms with van der Waals surface area (Å²) in [6, 6.07) is 0. The molecule has 0 aromatic rings. The molecular weight excluding hydrogens is 170 g/mol. The molecule has 0 aromatic heterocycles. The molecule has 74 valence electrons. The molecule has 0 radical (unpaired) electrons. The molecule has 2 N–H and O–H groups in total. The van der Waals surface area contributed by atoms with Gasteiger partial charge in [-0.1, -0.05) is 27.7 Å². The number of rotatable bonds is 1. The zero-order valence-electron chi connectivity index (χ0n) is 8.68. The summed E-state index contributed by atoms with van der Waals surface area (Å²) in [6.07, 6.45) is 2.65. The van der Waals surface area contributed by atoms with E-state index in [1.807, 2.05) is 0 Å². The Hall–Kier alpha value is 0.250. The van der Waals surface area contributed by atoms with Gasteiger partial charge in [-0.05, 0) is 36.1 Å². The van der Waals surface area contributed by atoms with Gasteiger partial charge in [0.05, 0.1) is 0 Å². The molecule has 12 heavy (non-hydrogen) atoms. The Balaban J connectivity index is 0.00000121. The van der Waals surface area contributed by atoms with E-state index >= 15 is 0 Å². The summed E-state index contributed by atoms with van der Waals surface area (Å²) in [7, 11) is 0. The highest BCUT2D eigenvalue weighted by molar-refractivity contribution is 5.85. The van der Waals surface area contributed by atoms with Crippen molar-refractivity contribution in [2.24, 2.45) is 22.5 Å². The van der Waals surface area contributed by atoms with Crippen LogP contribution in [0.5, 0.6) is 0 Å². The second-order valence-corrected chi connectivity index (χ2v) is 4.93. The van der Waals surface area contributed by atoms with Gasteiger partial charge in [0.15, 0.2) is 0 Å². The van der Waals surface area contributed by atoms with Gasteiger partial charge in [-0.2, -0.15) is 0 Å². The summed E-state index contributed by atoms with van der Waals surface area (Å²) < 4.78 is 0. The summed E-state index contributed by atoms with van der Waals surface area (Å²) in [4.78, 5) is 0. The van der Waals surface area contributed by atoms with Gasteiger partial charge in [0.25, 0.3) is 0 Å². The number of nitrogens with two attached hydrogens (primary N) is 1. The molecule has 0 bridgehead atoms. The third-order valence-corrected chi connectivity index (χ3v) is 4.37. The summed E-state index contributed by atoms with van der Waals surface area (Å²) in [5, 5.41) is 0. The van der Waals surface area contributed by atoms with Crippen LogP contribution in [0.2, 0.25) is 0 Å². The predicted octanol–water partition coefficient (Wildman–Crippen LogP) is 2.83. The number of hydrogen-bond acceptors (Lipinski definition) is 1. The van der Waals surface area contributed by atoms with Gasteiger partial charge < -0.3 is 5.73 Å². The van der Waals surface area contributed by atoms with Crippen LogP contribution in [0.25, 0.3) is 0 Å². The van der Waals surface area contributed by atoms with E-state index in [-0.39, 0.29) is 12.4 Å². The van der Waals surface area contributed by atoms with Crippen molar-refractivity contribution >= 4 is 12.4 Å². The van der Waals surface area contributed by atoms with Gasteiger partial charge in [0.2, 0.25) is 0 Å². The van der Waals surface area contributed by atoms with Crippen LogP contribution in [0.15, 0.2) is 0 Å². The molecule has 2 atom stereocenters. The van der Waals surface area contributed by atoms with Crippen LogP contribution in [-0.2, 0) is 0 Å². The molecule has 0 spiro atoms. The van der Waals surface area contributed by atoms with E-state index in [0.717, 1.165) is 12.5 Å². The first-order valence-electron chi connectivity index (χ1n) is 4.64. The first-order valence-corrected chi connectivity index (χ1v) is 4.64. The molecule has 2 heteroatoms. The maximum atomic E-state index is 5.81. The molecule has 0 amide bonds.